The molecule has 1 saturated carbocycles. The maximum Gasteiger partial charge on any atom is 0.0285 e. The van der Waals surface area contributed by atoms with E-state index in [-0.39, 0.29) is 0 Å². The number of hydrogen-bond acceptors (Lipinski definition) is 0. The van der Waals surface area contributed by atoms with Crippen LogP contribution >= 0.6 is 11.6 Å². The van der Waals surface area contributed by atoms with Crippen LogP contribution in [0.15, 0.2) is 0 Å². The molecule has 1 aliphatic carbocycles. The molecule has 0 bridgehead atoms. The van der Waals surface area contributed by atoms with Gasteiger partial charge in [-0.2, -0.15) is 0 Å². The average molecular weight is 189 g/mol. The number of halogens is 1. The van der Waals surface area contributed by atoms with Crippen molar-refractivity contribution in [1.29, 1.82) is 0 Å². The lowest BCUT2D eigenvalue weighted by Gasteiger charge is -2.21. The SMILES string of the molecule is CCC(C)CC1(CCl)CC1(C)C. The van der Waals surface area contributed by atoms with E-state index < -0.39 is 0 Å². The van der Waals surface area contributed by atoms with Crippen LogP contribution in [-0.4, -0.2) is 5.88 Å². The molecule has 0 aromatic carbocycles. The Hall–Kier alpha value is 0.290. The molecule has 0 spiro atoms. The normalized spacial score (nSPS) is 34.8. The van der Waals surface area contributed by atoms with E-state index in [9.17, 15) is 0 Å². The summed E-state index contributed by atoms with van der Waals surface area (Å²) in [6.07, 6.45) is 3.93. The first-order valence-corrected chi connectivity index (χ1v) is 5.57. The Balaban J connectivity index is 2.50. The van der Waals surface area contributed by atoms with Crippen molar-refractivity contribution in [3.63, 3.8) is 0 Å². The highest BCUT2D eigenvalue weighted by molar-refractivity contribution is 6.18. The molecule has 1 fully saturated rings. The summed E-state index contributed by atoms with van der Waals surface area (Å²) in [6.45, 7) is 9.29. The topological polar surface area (TPSA) is 0 Å². The van der Waals surface area contributed by atoms with Gasteiger partial charge in [-0.3, -0.25) is 0 Å². The van der Waals surface area contributed by atoms with Gasteiger partial charge in [0.05, 0.1) is 0 Å². The highest BCUT2D eigenvalue weighted by Crippen LogP contribution is 2.67. The van der Waals surface area contributed by atoms with Gasteiger partial charge in [0, 0.05) is 5.88 Å². The molecule has 0 aromatic rings. The van der Waals surface area contributed by atoms with Crippen molar-refractivity contribution in [2.45, 2.75) is 47.0 Å². The van der Waals surface area contributed by atoms with Gasteiger partial charge < -0.3 is 0 Å². The van der Waals surface area contributed by atoms with Crippen molar-refractivity contribution >= 4 is 11.6 Å². The van der Waals surface area contributed by atoms with Crippen molar-refractivity contribution < 1.29 is 0 Å². The van der Waals surface area contributed by atoms with E-state index in [2.05, 4.69) is 27.7 Å². The third-order valence-electron chi connectivity index (χ3n) is 3.78. The van der Waals surface area contributed by atoms with E-state index in [4.69, 9.17) is 11.6 Å². The maximum atomic E-state index is 6.04. The first-order valence-electron chi connectivity index (χ1n) is 5.03. The van der Waals surface area contributed by atoms with Gasteiger partial charge in [-0.05, 0) is 29.6 Å². The fraction of sp³-hybridized carbons (Fsp3) is 1.00. The van der Waals surface area contributed by atoms with Crippen LogP contribution in [0.25, 0.3) is 0 Å². The minimum absolute atomic E-state index is 0.476. The highest BCUT2D eigenvalue weighted by Gasteiger charge is 2.59. The van der Waals surface area contributed by atoms with Crippen LogP contribution in [0.3, 0.4) is 0 Å². The van der Waals surface area contributed by atoms with Gasteiger partial charge in [0.25, 0.3) is 0 Å². The first kappa shape index (κ1) is 10.4. The van der Waals surface area contributed by atoms with E-state index >= 15 is 0 Å². The third kappa shape index (κ3) is 1.64. The average Bonchev–Trinajstić information content (AvgIpc) is 2.54. The number of rotatable bonds is 4. The Morgan fingerprint density at radius 3 is 2.17 bits per heavy atom. The van der Waals surface area contributed by atoms with Crippen LogP contribution < -0.4 is 0 Å². The lowest BCUT2D eigenvalue weighted by Crippen LogP contribution is -2.14. The number of hydrogen-bond donors (Lipinski definition) is 0. The Bertz CT molecular complexity index is 162. The summed E-state index contributed by atoms with van der Waals surface area (Å²) in [7, 11) is 0. The molecule has 0 heterocycles. The van der Waals surface area contributed by atoms with Gasteiger partial charge in [0.1, 0.15) is 0 Å². The number of alkyl halides is 1. The molecule has 0 amide bonds. The van der Waals surface area contributed by atoms with Gasteiger partial charge in [0.2, 0.25) is 0 Å². The van der Waals surface area contributed by atoms with E-state index in [0.717, 1.165) is 11.8 Å². The molecule has 0 radical (unpaired) electrons. The Kier molecular flexibility index (Phi) is 2.78. The molecule has 2 unspecified atom stereocenters. The summed E-state index contributed by atoms with van der Waals surface area (Å²) in [6, 6.07) is 0. The van der Waals surface area contributed by atoms with Crippen molar-refractivity contribution in [2.75, 3.05) is 5.88 Å². The van der Waals surface area contributed by atoms with Crippen molar-refractivity contribution in [3.05, 3.63) is 0 Å². The molecule has 2 atom stereocenters. The summed E-state index contributed by atoms with van der Waals surface area (Å²) < 4.78 is 0. The largest absolute Gasteiger partial charge is 0.126 e. The van der Waals surface area contributed by atoms with Crippen molar-refractivity contribution in [1.82, 2.24) is 0 Å². The summed E-state index contributed by atoms with van der Waals surface area (Å²) in [5, 5.41) is 0. The van der Waals surface area contributed by atoms with E-state index in [1.165, 1.54) is 19.3 Å². The van der Waals surface area contributed by atoms with Gasteiger partial charge in [-0.15, -0.1) is 11.6 Å². The van der Waals surface area contributed by atoms with Crippen LogP contribution in [-0.2, 0) is 0 Å². The summed E-state index contributed by atoms with van der Waals surface area (Å²) in [5.41, 5.74) is 0.988. The molecule has 1 rings (SSSR count). The molecule has 12 heavy (non-hydrogen) atoms. The van der Waals surface area contributed by atoms with Gasteiger partial charge >= 0.3 is 0 Å². The molecule has 0 saturated heterocycles. The van der Waals surface area contributed by atoms with Crippen LogP contribution in [0.1, 0.15) is 47.0 Å². The minimum Gasteiger partial charge on any atom is -0.126 e. The van der Waals surface area contributed by atoms with Crippen LogP contribution in [0.2, 0.25) is 0 Å². The molecule has 1 heteroatoms. The molecular formula is C11H21Cl. The summed E-state index contributed by atoms with van der Waals surface area (Å²) >= 11 is 6.04. The zero-order chi connectivity index (χ0) is 9.41. The first-order chi connectivity index (χ1) is 5.47. The maximum absolute atomic E-state index is 6.04. The molecule has 72 valence electrons. The van der Waals surface area contributed by atoms with E-state index in [1.807, 2.05) is 0 Å². The lowest BCUT2D eigenvalue weighted by molar-refractivity contribution is 0.325. The predicted octanol–water partition coefficient (Wildman–Crippen LogP) is 4.08. The molecule has 0 nitrogen and oxygen atoms in total. The van der Waals surface area contributed by atoms with Gasteiger partial charge in [-0.1, -0.05) is 34.1 Å². The highest BCUT2D eigenvalue weighted by atomic mass is 35.5. The molecule has 0 N–H and O–H groups in total. The fourth-order valence-corrected chi connectivity index (χ4v) is 2.81. The molecule has 0 aliphatic heterocycles. The molecule has 1 aliphatic rings. The smallest absolute Gasteiger partial charge is 0.0285 e. The Labute approximate surface area is 81.7 Å². The predicted molar refractivity (Wildman–Crippen MR) is 55.6 cm³/mol. The lowest BCUT2D eigenvalue weighted by atomic mass is 9.87. The zero-order valence-electron chi connectivity index (χ0n) is 8.78. The Morgan fingerprint density at radius 2 is 1.92 bits per heavy atom. The second-order valence-corrected chi connectivity index (χ2v) is 5.46. The Morgan fingerprint density at radius 1 is 1.42 bits per heavy atom. The monoisotopic (exact) mass is 188 g/mol. The summed E-state index contributed by atoms with van der Waals surface area (Å²) in [5.74, 6) is 1.69. The van der Waals surface area contributed by atoms with Gasteiger partial charge in [-0.25, -0.2) is 0 Å². The fourth-order valence-electron chi connectivity index (χ4n) is 2.24. The third-order valence-corrected chi connectivity index (χ3v) is 4.29. The van der Waals surface area contributed by atoms with E-state index in [0.29, 0.717) is 10.8 Å². The van der Waals surface area contributed by atoms with Crippen LogP contribution in [0.4, 0.5) is 0 Å². The second kappa shape index (κ2) is 3.21. The van der Waals surface area contributed by atoms with Crippen molar-refractivity contribution in [3.8, 4) is 0 Å². The van der Waals surface area contributed by atoms with Gasteiger partial charge in [0.15, 0.2) is 0 Å². The second-order valence-electron chi connectivity index (χ2n) is 5.19. The molecular weight excluding hydrogens is 168 g/mol. The van der Waals surface area contributed by atoms with Crippen molar-refractivity contribution in [2.24, 2.45) is 16.7 Å². The van der Waals surface area contributed by atoms with E-state index in [1.54, 1.807) is 0 Å². The van der Waals surface area contributed by atoms with Crippen LogP contribution in [0.5, 0.6) is 0 Å². The quantitative estimate of drug-likeness (QED) is 0.584. The zero-order valence-corrected chi connectivity index (χ0v) is 9.54. The standard InChI is InChI=1S/C11H21Cl/c1-5-9(2)6-11(8-12)7-10(11,3)4/h9H,5-8H2,1-4H3. The summed E-state index contributed by atoms with van der Waals surface area (Å²) in [4.78, 5) is 0. The molecule has 0 aromatic heterocycles. The minimum atomic E-state index is 0.476. The van der Waals surface area contributed by atoms with Crippen LogP contribution in [0, 0.1) is 16.7 Å².